The highest BCUT2D eigenvalue weighted by Gasteiger charge is 2.15. The first kappa shape index (κ1) is 22.5. The summed E-state index contributed by atoms with van der Waals surface area (Å²) >= 11 is 0. The number of nitrogens with zero attached hydrogens (tertiary/aromatic N) is 3. The molecule has 2 rings (SSSR count). The molecule has 0 aliphatic carbocycles. The molecule has 6 heteroatoms. The maximum atomic E-state index is 4.64. The van der Waals surface area contributed by atoms with Crippen LogP contribution in [0.1, 0.15) is 54.9 Å². The molecule has 0 aliphatic heterocycles. The summed E-state index contributed by atoms with van der Waals surface area (Å²) in [5.74, 6) is 0.809. The molecule has 0 radical (unpaired) electrons. The Bertz CT molecular complexity index is 736. The summed E-state index contributed by atoms with van der Waals surface area (Å²) in [6, 6.07) is 8.64. The number of guanidine groups is 1. The Morgan fingerprint density at radius 1 is 1.23 bits per heavy atom. The van der Waals surface area contributed by atoms with E-state index in [2.05, 4.69) is 72.7 Å². The molecule has 1 unspecified atom stereocenters. The number of aromatic nitrogens is 2. The van der Waals surface area contributed by atoms with Crippen LogP contribution in [0.2, 0.25) is 0 Å². The van der Waals surface area contributed by atoms with Gasteiger partial charge in [0.05, 0.1) is 11.7 Å². The van der Waals surface area contributed by atoms with Gasteiger partial charge in [-0.15, -0.1) is 24.0 Å². The molecule has 0 saturated heterocycles. The van der Waals surface area contributed by atoms with Crippen LogP contribution >= 0.6 is 24.0 Å². The second-order valence-electron chi connectivity index (χ2n) is 6.35. The van der Waals surface area contributed by atoms with Crippen molar-refractivity contribution in [1.82, 2.24) is 20.4 Å². The third-order valence-electron chi connectivity index (χ3n) is 4.69. The number of aryl methyl sites for hydroxylation is 3. The monoisotopic (exact) mass is 469 g/mol. The summed E-state index contributed by atoms with van der Waals surface area (Å²) in [6.07, 6.45) is 1.92. The van der Waals surface area contributed by atoms with E-state index >= 15 is 0 Å². The molecule has 0 spiro atoms. The maximum absolute atomic E-state index is 4.64. The number of rotatable bonds is 6. The zero-order chi connectivity index (χ0) is 18.4. The fraction of sp³-hybridized carbons (Fsp3) is 0.500. The predicted molar refractivity (Wildman–Crippen MR) is 120 cm³/mol. The largest absolute Gasteiger partial charge is 0.352 e. The first-order chi connectivity index (χ1) is 12.0. The lowest BCUT2D eigenvalue weighted by molar-refractivity contribution is 0.678. The van der Waals surface area contributed by atoms with E-state index in [1.165, 1.54) is 22.4 Å². The van der Waals surface area contributed by atoms with Crippen molar-refractivity contribution in [1.29, 1.82) is 0 Å². The van der Waals surface area contributed by atoms with Gasteiger partial charge in [-0.3, -0.25) is 9.67 Å². The van der Waals surface area contributed by atoms with Gasteiger partial charge in [0.25, 0.3) is 0 Å². The zero-order valence-corrected chi connectivity index (χ0v) is 19.1. The molecule has 0 saturated carbocycles. The first-order valence-electron chi connectivity index (χ1n) is 9.08. The van der Waals surface area contributed by atoms with Crippen molar-refractivity contribution in [2.75, 3.05) is 7.05 Å². The summed E-state index contributed by atoms with van der Waals surface area (Å²) < 4.78 is 2.00. The molecule has 1 aromatic heterocycles. The van der Waals surface area contributed by atoms with E-state index in [4.69, 9.17) is 0 Å². The van der Waals surface area contributed by atoms with Crippen LogP contribution in [-0.2, 0) is 26.4 Å². The molecule has 1 aromatic carbocycles. The number of halogens is 1. The average Bonchev–Trinajstić information content (AvgIpc) is 2.93. The number of hydrogen-bond donors (Lipinski definition) is 2. The molecule has 0 amide bonds. The second-order valence-corrected chi connectivity index (χ2v) is 6.35. The molecular weight excluding hydrogens is 437 g/mol. The van der Waals surface area contributed by atoms with E-state index < -0.39 is 0 Å². The highest BCUT2D eigenvalue weighted by molar-refractivity contribution is 14.0. The molecule has 5 nitrogen and oxygen atoms in total. The van der Waals surface area contributed by atoms with Crippen molar-refractivity contribution in [3.63, 3.8) is 0 Å². The predicted octanol–water partition coefficient (Wildman–Crippen LogP) is 3.90. The van der Waals surface area contributed by atoms with Gasteiger partial charge in [0.2, 0.25) is 0 Å². The van der Waals surface area contributed by atoms with Crippen LogP contribution in [0, 0.1) is 6.92 Å². The normalized spacial score (nSPS) is 12.5. The number of nitrogens with one attached hydrogen (secondary N) is 2. The summed E-state index contributed by atoms with van der Waals surface area (Å²) in [5.41, 5.74) is 6.31. The molecule has 1 atom stereocenters. The van der Waals surface area contributed by atoms with Crippen LogP contribution in [0.5, 0.6) is 0 Å². The van der Waals surface area contributed by atoms with Gasteiger partial charge in [-0.1, -0.05) is 38.1 Å². The van der Waals surface area contributed by atoms with Crippen LogP contribution < -0.4 is 10.6 Å². The molecule has 0 aliphatic rings. The molecular formula is C20H32IN5. The highest BCUT2D eigenvalue weighted by atomic mass is 127. The molecule has 144 valence electrons. The minimum absolute atomic E-state index is 0. The second kappa shape index (κ2) is 10.5. The smallest absolute Gasteiger partial charge is 0.191 e. The third-order valence-corrected chi connectivity index (χ3v) is 4.69. The minimum atomic E-state index is 0. The Hall–Kier alpha value is -1.57. The fourth-order valence-electron chi connectivity index (χ4n) is 3.32. The molecule has 2 aromatic rings. The Balaban J connectivity index is 0.00000338. The minimum Gasteiger partial charge on any atom is -0.352 e. The van der Waals surface area contributed by atoms with Gasteiger partial charge in [-0.25, -0.2) is 0 Å². The van der Waals surface area contributed by atoms with Crippen molar-refractivity contribution in [3.05, 3.63) is 52.3 Å². The van der Waals surface area contributed by atoms with E-state index in [1.807, 2.05) is 18.8 Å². The van der Waals surface area contributed by atoms with Crippen LogP contribution in [0.4, 0.5) is 0 Å². The molecule has 0 fully saturated rings. The van der Waals surface area contributed by atoms with Gasteiger partial charge in [-0.2, -0.15) is 5.10 Å². The number of hydrogen-bond acceptors (Lipinski definition) is 2. The lowest BCUT2D eigenvalue weighted by Crippen LogP contribution is -2.38. The quantitative estimate of drug-likeness (QED) is 0.384. The summed E-state index contributed by atoms with van der Waals surface area (Å²) in [6.45, 7) is 9.36. The Morgan fingerprint density at radius 3 is 2.50 bits per heavy atom. The van der Waals surface area contributed by atoms with Crippen LogP contribution in [0.3, 0.4) is 0 Å². The lowest BCUT2D eigenvalue weighted by Gasteiger charge is -2.20. The van der Waals surface area contributed by atoms with Gasteiger partial charge in [0, 0.05) is 31.9 Å². The van der Waals surface area contributed by atoms with E-state index in [9.17, 15) is 0 Å². The Labute approximate surface area is 174 Å². The first-order valence-corrected chi connectivity index (χ1v) is 9.08. The molecule has 26 heavy (non-hydrogen) atoms. The van der Waals surface area contributed by atoms with Crippen LogP contribution in [0.25, 0.3) is 0 Å². The number of benzene rings is 1. The standard InChI is InChI=1S/C20H31N5.HI/c1-7-18-17(19(8-2)25(6)24-18)13-22-20(21-5)23-15(4)16-12-10-9-11-14(16)3;/h9-12,15H,7-8,13H2,1-6H3,(H2,21,22,23);1H. The van der Waals surface area contributed by atoms with Crippen LogP contribution in [-0.4, -0.2) is 22.8 Å². The zero-order valence-electron chi connectivity index (χ0n) is 16.8. The highest BCUT2D eigenvalue weighted by Crippen LogP contribution is 2.17. The Kier molecular flexibility index (Phi) is 9.12. The van der Waals surface area contributed by atoms with Gasteiger partial charge in [0.15, 0.2) is 5.96 Å². The van der Waals surface area contributed by atoms with Gasteiger partial charge in [0.1, 0.15) is 0 Å². The SMILES string of the molecule is CCc1nn(C)c(CC)c1CNC(=NC)NC(C)c1ccccc1C.I. The van der Waals surface area contributed by atoms with E-state index in [-0.39, 0.29) is 30.0 Å². The maximum Gasteiger partial charge on any atom is 0.191 e. The van der Waals surface area contributed by atoms with Crippen molar-refractivity contribution >= 4 is 29.9 Å². The third kappa shape index (κ3) is 5.22. The van der Waals surface area contributed by atoms with E-state index in [0.29, 0.717) is 0 Å². The van der Waals surface area contributed by atoms with E-state index in [0.717, 1.165) is 31.0 Å². The molecule has 2 N–H and O–H groups in total. The van der Waals surface area contributed by atoms with Crippen LogP contribution in [0.15, 0.2) is 29.3 Å². The number of aliphatic imine (C=N–C) groups is 1. The van der Waals surface area contributed by atoms with Gasteiger partial charge in [-0.05, 0) is 37.8 Å². The van der Waals surface area contributed by atoms with Crippen molar-refractivity contribution in [3.8, 4) is 0 Å². The van der Waals surface area contributed by atoms with Crippen molar-refractivity contribution < 1.29 is 0 Å². The topological polar surface area (TPSA) is 54.2 Å². The Morgan fingerprint density at radius 2 is 1.92 bits per heavy atom. The van der Waals surface area contributed by atoms with Gasteiger partial charge < -0.3 is 10.6 Å². The fourth-order valence-corrected chi connectivity index (χ4v) is 3.32. The molecule has 1 heterocycles. The van der Waals surface area contributed by atoms with Crippen molar-refractivity contribution in [2.24, 2.45) is 12.0 Å². The molecule has 0 bridgehead atoms. The summed E-state index contributed by atoms with van der Waals surface area (Å²) in [7, 11) is 3.83. The summed E-state index contributed by atoms with van der Waals surface area (Å²) in [4.78, 5) is 4.38. The van der Waals surface area contributed by atoms with Gasteiger partial charge >= 0.3 is 0 Å². The van der Waals surface area contributed by atoms with Crippen molar-refractivity contribution in [2.45, 2.75) is 53.1 Å². The summed E-state index contributed by atoms with van der Waals surface area (Å²) in [5, 5.41) is 11.6. The average molecular weight is 469 g/mol. The van der Waals surface area contributed by atoms with E-state index in [1.54, 1.807) is 0 Å². The lowest BCUT2D eigenvalue weighted by atomic mass is 10.0.